The summed E-state index contributed by atoms with van der Waals surface area (Å²) in [6.07, 6.45) is 4.83. The van der Waals surface area contributed by atoms with Crippen LogP contribution in [0.25, 0.3) is 0 Å². The van der Waals surface area contributed by atoms with Crippen LogP contribution in [0.1, 0.15) is 11.1 Å². The second kappa shape index (κ2) is 5.09. The molecule has 16 heavy (non-hydrogen) atoms. The van der Waals surface area contributed by atoms with Crippen LogP contribution in [-0.4, -0.2) is 8.42 Å². The first-order chi connectivity index (χ1) is 7.49. The summed E-state index contributed by atoms with van der Waals surface area (Å²) in [5.74, 6) is 0. The second-order valence-corrected chi connectivity index (χ2v) is 5.02. The molecule has 0 radical (unpaired) electrons. The van der Waals surface area contributed by atoms with Gasteiger partial charge >= 0.3 is 0 Å². The van der Waals surface area contributed by atoms with Crippen molar-refractivity contribution in [1.29, 1.82) is 0 Å². The van der Waals surface area contributed by atoms with Gasteiger partial charge in [0.25, 0.3) is 0 Å². The Labute approximate surface area is 96.3 Å². The summed E-state index contributed by atoms with van der Waals surface area (Å²) in [6, 6.07) is 4.87. The number of hydrogen-bond donors (Lipinski definition) is 1. The molecule has 1 rings (SSSR count). The zero-order valence-electron chi connectivity index (χ0n) is 9.02. The molecule has 3 nitrogen and oxygen atoms in total. The Balaban J connectivity index is 3.26. The van der Waals surface area contributed by atoms with Crippen molar-refractivity contribution in [3.63, 3.8) is 0 Å². The first kappa shape index (κ1) is 12.7. The van der Waals surface area contributed by atoms with Crippen LogP contribution in [0.5, 0.6) is 0 Å². The number of nitrogens with two attached hydrogens (primary N) is 1. The van der Waals surface area contributed by atoms with Gasteiger partial charge in [0.1, 0.15) is 0 Å². The van der Waals surface area contributed by atoms with E-state index < -0.39 is 10.0 Å². The smallest absolute Gasteiger partial charge is 0.225 e. The normalized spacial score (nSPS) is 11.1. The first-order valence-electron chi connectivity index (χ1n) is 4.85. The molecule has 0 aromatic heterocycles. The summed E-state index contributed by atoms with van der Waals surface area (Å²) in [5.41, 5.74) is 1.96. The third-order valence-corrected chi connectivity index (χ3v) is 3.15. The van der Waals surface area contributed by atoms with Gasteiger partial charge in [0.15, 0.2) is 0 Å². The van der Waals surface area contributed by atoms with Crippen LogP contribution in [0.2, 0.25) is 0 Å². The number of allylic oxidation sites excluding steroid dienone is 2. The van der Waals surface area contributed by atoms with Gasteiger partial charge in [-0.3, -0.25) is 0 Å². The summed E-state index contributed by atoms with van der Waals surface area (Å²) in [5, 5.41) is 5.07. The van der Waals surface area contributed by atoms with E-state index in [1.165, 1.54) is 6.07 Å². The van der Waals surface area contributed by atoms with Gasteiger partial charge < -0.3 is 0 Å². The van der Waals surface area contributed by atoms with Gasteiger partial charge in [-0.15, -0.1) is 13.2 Å². The summed E-state index contributed by atoms with van der Waals surface area (Å²) in [7, 11) is -3.64. The Bertz CT molecular complexity index is 504. The lowest BCUT2D eigenvalue weighted by molar-refractivity contribution is 0.597. The monoisotopic (exact) mass is 237 g/mol. The third-order valence-electron chi connectivity index (χ3n) is 2.23. The molecular formula is C12H15NO2S. The fourth-order valence-electron chi connectivity index (χ4n) is 1.48. The maximum Gasteiger partial charge on any atom is 0.238 e. The highest BCUT2D eigenvalue weighted by Gasteiger charge is 2.10. The number of primary sulfonamides is 1. The first-order valence-corrected chi connectivity index (χ1v) is 6.40. The minimum Gasteiger partial charge on any atom is -0.225 e. The van der Waals surface area contributed by atoms with Crippen LogP contribution >= 0.6 is 0 Å². The predicted molar refractivity (Wildman–Crippen MR) is 65.6 cm³/mol. The largest absolute Gasteiger partial charge is 0.238 e. The van der Waals surface area contributed by atoms with E-state index in [0.29, 0.717) is 12.8 Å². The lowest BCUT2D eigenvalue weighted by atomic mass is 10.0. The third kappa shape index (κ3) is 3.05. The molecule has 0 heterocycles. The van der Waals surface area contributed by atoms with Gasteiger partial charge in [0, 0.05) is 0 Å². The average Bonchev–Trinajstić information content (AvgIpc) is 2.19. The van der Waals surface area contributed by atoms with Crippen molar-refractivity contribution in [2.24, 2.45) is 5.14 Å². The van der Waals surface area contributed by atoms with E-state index in [2.05, 4.69) is 13.2 Å². The SMILES string of the molecule is C=CCc1ccc(S(N)(=O)=O)cc1CC=C. The molecule has 0 saturated carbocycles. The highest BCUT2D eigenvalue weighted by Crippen LogP contribution is 2.17. The van der Waals surface area contributed by atoms with Gasteiger partial charge in [-0.1, -0.05) is 18.2 Å². The van der Waals surface area contributed by atoms with Crippen LogP contribution in [0.3, 0.4) is 0 Å². The minimum atomic E-state index is -3.64. The summed E-state index contributed by atoms with van der Waals surface area (Å²) >= 11 is 0. The van der Waals surface area contributed by atoms with E-state index in [0.717, 1.165) is 11.1 Å². The van der Waals surface area contributed by atoms with Gasteiger partial charge in [-0.25, -0.2) is 13.6 Å². The Morgan fingerprint density at radius 1 is 1.12 bits per heavy atom. The quantitative estimate of drug-likeness (QED) is 0.794. The molecule has 0 unspecified atom stereocenters. The molecule has 4 heteroatoms. The molecule has 0 fully saturated rings. The molecule has 0 atom stereocenters. The van der Waals surface area contributed by atoms with Crippen molar-refractivity contribution in [2.45, 2.75) is 17.7 Å². The number of hydrogen-bond acceptors (Lipinski definition) is 2. The van der Waals surface area contributed by atoms with Crippen LogP contribution in [0.4, 0.5) is 0 Å². The van der Waals surface area contributed by atoms with Crippen LogP contribution in [-0.2, 0) is 22.9 Å². The van der Waals surface area contributed by atoms with Crippen molar-refractivity contribution < 1.29 is 8.42 Å². The lowest BCUT2D eigenvalue weighted by Gasteiger charge is -2.07. The maximum atomic E-state index is 11.2. The fraction of sp³-hybridized carbons (Fsp3) is 0.167. The number of sulfonamides is 1. The minimum absolute atomic E-state index is 0.136. The van der Waals surface area contributed by atoms with Crippen LogP contribution < -0.4 is 5.14 Å². The van der Waals surface area contributed by atoms with Gasteiger partial charge in [0.2, 0.25) is 10.0 Å². The predicted octanol–water partition coefficient (Wildman–Crippen LogP) is 1.79. The van der Waals surface area contributed by atoms with Crippen molar-refractivity contribution in [2.75, 3.05) is 0 Å². The number of rotatable bonds is 5. The van der Waals surface area contributed by atoms with E-state index in [4.69, 9.17) is 5.14 Å². The van der Waals surface area contributed by atoms with Crippen molar-refractivity contribution in [3.05, 3.63) is 54.6 Å². The van der Waals surface area contributed by atoms with E-state index >= 15 is 0 Å². The van der Waals surface area contributed by atoms with Gasteiger partial charge in [-0.05, 0) is 36.1 Å². The van der Waals surface area contributed by atoms with E-state index in [9.17, 15) is 8.42 Å². The Morgan fingerprint density at radius 3 is 2.19 bits per heavy atom. The average molecular weight is 237 g/mol. The lowest BCUT2D eigenvalue weighted by Crippen LogP contribution is -2.12. The Kier molecular flexibility index (Phi) is 4.04. The molecule has 1 aromatic carbocycles. The molecule has 0 aliphatic carbocycles. The summed E-state index contributed by atoms with van der Waals surface area (Å²) in [4.78, 5) is 0.136. The highest BCUT2D eigenvalue weighted by molar-refractivity contribution is 7.89. The molecule has 2 N–H and O–H groups in total. The standard InChI is InChI=1S/C12H15NO2S/c1-3-5-10-7-8-12(16(13,14)15)9-11(10)6-4-2/h3-4,7-9H,1-2,5-6H2,(H2,13,14,15). The number of benzene rings is 1. The summed E-state index contributed by atoms with van der Waals surface area (Å²) < 4.78 is 22.4. The highest BCUT2D eigenvalue weighted by atomic mass is 32.2. The zero-order valence-corrected chi connectivity index (χ0v) is 9.83. The van der Waals surface area contributed by atoms with Crippen LogP contribution in [0, 0.1) is 0 Å². The second-order valence-electron chi connectivity index (χ2n) is 3.46. The van der Waals surface area contributed by atoms with Crippen molar-refractivity contribution in [1.82, 2.24) is 0 Å². The van der Waals surface area contributed by atoms with Gasteiger partial charge in [-0.2, -0.15) is 0 Å². The van der Waals surface area contributed by atoms with E-state index in [-0.39, 0.29) is 4.90 Å². The molecule has 0 aliphatic rings. The van der Waals surface area contributed by atoms with E-state index in [1.807, 2.05) is 0 Å². The zero-order chi connectivity index (χ0) is 12.2. The summed E-state index contributed by atoms with van der Waals surface area (Å²) in [6.45, 7) is 7.30. The molecule has 0 aliphatic heterocycles. The van der Waals surface area contributed by atoms with Gasteiger partial charge in [0.05, 0.1) is 4.90 Å². The fourth-order valence-corrected chi connectivity index (χ4v) is 2.04. The van der Waals surface area contributed by atoms with Crippen molar-refractivity contribution >= 4 is 10.0 Å². The Morgan fingerprint density at radius 2 is 1.69 bits per heavy atom. The topological polar surface area (TPSA) is 60.2 Å². The maximum absolute atomic E-state index is 11.2. The van der Waals surface area contributed by atoms with E-state index in [1.54, 1.807) is 24.3 Å². The molecular weight excluding hydrogens is 222 g/mol. The molecule has 1 aromatic rings. The van der Waals surface area contributed by atoms with Crippen molar-refractivity contribution in [3.8, 4) is 0 Å². The molecule has 0 amide bonds. The molecule has 0 bridgehead atoms. The Hall–Kier alpha value is -1.39. The molecule has 86 valence electrons. The molecule has 0 saturated heterocycles. The molecule has 0 spiro atoms. The van der Waals surface area contributed by atoms with Crippen LogP contribution in [0.15, 0.2) is 48.4 Å².